The van der Waals surface area contributed by atoms with Crippen LogP contribution >= 0.6 is 22.7 Å². The first kappa shape index (κ1) is 30.2. The Kier molecular flexibility index (Phi) is 10.8. The number of nitrogens with zero attached hydrogens (tertiary/aromatic N) is 2. The molecule has 10 N–H and O–H groups in total. The van der Waals surface area contributed by atoms with Crippen LogP contribution in [0.4, 0.5) is 18.8 Å². The number of nitrogens with two attached hydrogens (primary N) is 4. The van der Waals surface area contributed by atoms with E-state index in [1.54, 1.807) is 37.3 Å². The van der Waals surface area contributed by atoms with E-state index in [0.717, 1.165) is 19.8 Å². The molecule has 0 aliphatic rings. The van der Waals surface area contributed by atoms with Gasteiger partial charge in [-0.2, -0.15) is 5.06 Å². The van der Waals surface area contributed by atoms with Gasteiger partial charge in [-0.15, -0.1) is 22.7 Å². The average Bonchev–Trinajstić information content (AvgIpc) is 3.45. The van der Waals surface area contributed by atoms with Crippen molar-refractivity contribution in [3.63, 3.8) is 0 Å². The van der Waals surface area contributed by atoms with Crippen LogP contribution in [0, 0.1) is 5.82 Å². The van der Waals surface area contributed by atoms with Gasteiger partial charge in [-0.3, -0.25) is 10.4 Å². The lowest BCUT2D eigenvalue weighted by Crippen LogP contribution is -2.40. The van der Waals surface area contributed by atoms with E-state index >= 15 is 0 Å². The Balaban J connectivity index is 0.000000234. The first-order chi connectivity index (χ1) is 17.8. The minimum atomic E-state index is -0.916. The minimum Gasteiger partial charge on any atom is -0.352 e. The fourth-order valence-corrected chi connectivity index (χ4v) is 5.55. The molecular formula is C24H29FN6O5S2. The van der Waals surface area contributed by atoms with Gasteiger partial charge in [0.05, 0.1) is 12.1 Å². The van der Waals surface area contributed by atoms with Gasteiger partial charge in [0.2, 0.25) is 0 Å². The number of fused-ring (bicyclic) bond motifs is 2. The van der Waals surface area contributed by atoms with Gasteiger partial charge in [0.1, 0.15) is 5.82 Å². The van der Waals surface area contributed by atoms with Gasteiger partial charge in [-0.05, 0) is 61.0 Å². The molecule has 0 saturated heterocycles. The molecule has 0 saturated carbocycles. The number of hydroxylamine groups is 4. The highest BCUT2D eigenvalue weighted by atomic mass is 32.1. The highest BCUT2D eigenvalue weighted by molar-refractivity contribution is 7.19. The molecule has 2 aromatic carbocycles. The van der Waals surface area contributed by atoms with Crippen molar-refractivity contribution in [3.05, 3.63) is 70.2 Å². The van der Waals surface area contributed by atoms with Crippen LogP contribution in [0.2, 0.25) is 0 Å². The number of hydrogen-bond acceptors (Lipinski definition) is 7. The van der Waals surface area contributed by atoms with E-state index in [4.69, 9.17) is 16.3 Å². The van der Waals surface area contributed by atoms with Crippen molar-refractivity contribution in [3.8, 4) is 0 Å². The summed E-state index contributed by atoms with van der Waals surface area (Å²) in [6, 6.07) is 12.9. The maximum Gasteiger partial charge on any atom is 0.339 e. The summed E-state index contributed by atoms with van der Waals surface area (Å²) >= 11 is 3.05. The number of hydrogen-bond donors (Lipinski definition) is 6. The van der Waals surface area contributed by atoms with E-state index in [2.05, 4.69) is 23.6 Å². The number of urea groups is 3. The van der Waals surface area contributed by atoms with Crippen molar-refractivity contribution in [2.45, 2.75) is 32.4 Å². The highest BCUT2D eigenvalue weighted by Crippen LogP contribution is 2.32. The van der Waals surface area contributed by atoms with Crippen LogP contribution in [-0.4, -0.2) is 44.7 Å². The number of amides is 6. The topological polar surface area (TPSA) is 202 Å². The first-order valence-corrected chi connectivity index (χ1v) is 12.7. The molecule has 4 aromatic rings. The third-order valence-corrected chi connectivity index (χ3v) is 7.54. The second kappa shape index (κ2) is 13.5. The summed E-state index contributed by atoms with van der Waals surface area (Å²) in [4.78, 5) is 32.5. The molecule has 38 heavy (non-hydrogen) atoms. The Labute approximate surface area is 225 Å². The lowest BCUT2D eigenvalue weighted by Gasteiger charge is -2.19. The van der Waals surface area contributed by atoms with Crippen molar-refractivity contribution in [2.24, 2.45) is 22.9 Å². The van der Waals surface area contributed by atoms with Gasteiger partial charge in [0.25, 0.3) is 0 Å². The standard InChI is InChI=1S/C12H14N2O2S.C11H11FN2O2S.CH4N2O/c1-8(14(16)12(13)15)6-10-7-9-4-2-3-5-11(9)17-10;1-6(14(16)11(13)15)10-5-7-4-8(12)2-3-9(7)17-10;2-1(3)4/h2-5,7-8,16H,6H2,1H3,(H2,13,15);2-6,16H,1H3,(H2,13,15);(H4,2,3,4). The zero-order valence-electron chi connectivity index (χ0n) is 20.6. The minimum absolute atomic E-state index is 0.315. The van der Waals surface area contributed by atoms with Crippen molar-refractivity contribution in [2.75, 3.05) is 0 Å². The van der Waals surface area contributed by atoms with Gasteiger partial charge < -0.3 is 22.9 Å². The van der Waals surface area contributed by atoms with Gasteiger partial charge in [-0.25, -0.2) is 23.8 Å². The van der Waals surface area contributed by atoms with Crippen molar-refractivity contribution in [1.29, 1.82) is 0 Å². The fourth-order valence-electron chi connectivity index (χ4n) is 3.28. The van der Waals surface area contributed by atoms with Gasteiger partial charge in [-0.1, -0.05) is 18.2 Å². The smallest absolute Gasteiger partial charge is 0.339 e. The number of thiophene rings is 2. The van der Waals surface area contributed by atoms with E-state index in [1.807, 2.05) is 18.2 Å². The molecule has 14 heteroatoms. The average molecular weight is 565 g/mol. The van der Waals surface area contributed by atoms with Crippen LogP contribution < -0.4 is 22.9 Å². The largest absolute Gasteiger partial charge is 0.352 e. The number of rotatable bonds is 5. The zero-order valence-corrected chi connectivity index (χ0v) is 22.2. The molecule has 6 amide bonds. The monoisotopic (exact) mass is 564 g/mol. The third kappa shape index (κ3) is 8.55. The van der Waals surface area contributed by atoms with Crippen molar-refractivity contribution in [1.82, 2.24) is 10.1 Å². The van der Waals surface area contributed by atoms with Crippen LogP contribution in [0.15, 0.2) is 54.6 Å². The van der Waals surface area contributed by atoms with E-state index in [1.165, 1.54) is 33.6 Å². The molecule has 0 spiro atoms. The van der Waals surface area contributed by atoms with Gasteiger partial charge >= 0.3 is 18.1 Å². The van der Waals surface area contributed by atoms with E-state index in [-0.39, 0.29) is 11.9 Å². The number of halogens is 1. The van der Waals surface area contributed by atoms with Crippen LogP contribution in [0.25, 0.3) is 20.2 Å². The van der Waals surface area contributed by atoms with Crippen LogP contribution in [0.5, 0.6) is 0 Å². The maximum absolute atomic E-state index is 13.0. The first-order valence-electron chi connectivity index (χ1n) is 11.1. The lowest BCUT2D eigenvalue weighted by molar-refractivity contribution is -0.0700. The Morgan fingerprint density at radius 2 is 1.42 bits per heavy atom. The third-order valence-electron chi connectivity index (χ3n) is 5.12. The fraction of sp³-hybridized carbons (Fsp3) is 0.208. The Morgan fingerprint density at radius 3 is 2.00 bits per heavy atom. The number of primary amides is 4. The summed E-state index contributed by atoms with van der Waals surface area (Å²) in [5.41, 5.74) is 18.5. The van der Waals surface area contributed by atoms with Crippen molar-refractivity contribution < 1.29 is 29.2 Å². The predicted octanol–water partition coefficient (Wildman–Crippen LogP) is 4.50. The molecule has 2 unspecified atom stereocenters. The molecule has 4 rings (SSSR count). The Morgan fingerprint density at radius 1 is 0.842 bits per heavy atom. The highest BCUT2D eigenvalue weighted by Gasteiger charge is 2.19. The van der Waals surface area contributed by atoms with Crippen LogP contribution in [0.3, 0.4) is 0 Å². The predicted molar refractivity (Wildman–Crippen MR) is 145 cm³/mol. The summed E-state index contributed by atoms with van der Waals surface area (Å²) in [7, 11) is 0. The normalized spacial score (nSPS) is 11.9. The quantitative estimate of drug-likeness (QED) is 0.153. The second-order valence-electron chi connectivity index (χ2n) is 8.08. The number of benzene rings is 2. The summed E-state index contributed by atoms with van der Waals surface area (Å²) in [5.74, 6) is -0.315. The second-order valence-corrected chi connectivity index (χ2v) is 10.4. The number of carbonyl (C=O) groups excluding carboxylic acids is 3. The van der Waals surface area contributed by atoms with Crippen molar-refractivity contribution >= 4 is 60.9 Å². The molecule has 2 atom stereocenters. The Hall–Kier alpha value is -3.98. The van der Waals surface area contributed by atoms with Crippen LogP contribution in [-0.2, 0) is 6.42 Å². The zero-order chi connectivity index (χ0) is 28.6. The van der Waals surface area contributed by atoms with E-state index < -0.39 is 24.1 Å². The van der Waals surface area contributed by atoms with Crippen LogP contribution in [0.1, 0.15) is 29.6 Å². The van der Waals surface area contributed by atoms with E-state index in [0.29, 0.717) is 16.5 Å². The molecule has 0 fully saturated rings. The molecule has 0 radical (unpaired) electrons. The molecule has 11 nitrogen and oxygen atoms in total. The van der Waals surface area contributed by atoms with Gasteiger partial charge in [0, 0.05) is 25.6 Å². The molecule has 2 heterocycles. The molecule has 0 bridgehead atoms. The molecular weight excluding hydrogens is 535 g/mol. The molecule has 0 aliphatic carbocycles. The SMILES string of the molecule is CC(Cc1cc2ccccc2s1)N(O)C(N)=O.CC(c1cc2cc(F)ccc2s1)N(O)C(N)=O.NC(N)=O. The Bertz CT molecular complexity index is 1370. The summed E-state index contributed by atoms with van der Waals surface area (Å²) in [6.45, 7) is 3.40. The molecule has 204 valence electrons. The lowest BCUT2D eigenvalue weighted by atomic mass is 10.2. The summed E-state index contributed by atoms with van der Waals surface area (Å²) in [5, 5.41) is 21.8. The van der Waals surface area contributed by atoms with Gasteiger partial charge in [0.15, 0.2) is 0 Å². The van der Waals surface area contributed by atoms with E-state index in [9.17, 15) is 24.4 Å². The maximum atomic E-state index is 13.0. The summed E-state index contributed by atoms with van der Waals surface area (Å²) < 4.78 is 15.1. The molecule has 0 aliphatic heterocycles. The number of carbonyl (C=O) groups is 3. The summed E-state index contributed by atoms with van der Waals surface area (Å²) in [6.07, 6.45) is 0.596. The molecule has 2 aromatic heterocycles.